The molecule has 1 nitrogen and oxygen atoms in total. The Balaban J connectivity index is 2.17. The molecule has 2 unspecified atom stereocenters. The average molecular weight is 284 g/mol. The van der Waals surface area contributed by atoms with Crippen molar-refractivity contribution in [2.24, 2.45) is 0 Å². The van der Waals surface area contributed by atoms with E-state index < -0.39 is 0 Å². The second-order valence-electron chi connectivity index (χ2n) is 3.65. The van der Waals surface area contributed by atoms with Gasteiger partial charge < -0.3 is 4.74 Å². The second kappa shape index (κ2) is 3.39. The van der Waals surface area contributed by atoms with Crippen LogP contribution >= 0.6 is 27.5 Å². The lowest BCUT2D eigenvalue weighted by Crippen LogP contribution is -2.17. The highest BCUT2D eigenvalue weighted by atomic mass is 79.9. The topological polar surface area (TPSA) is 9.23 Å². The van der Waals surface area contributed by atoms with Gasteiger partial charge in [0, 0.05) is 10.6 Å². The van der Waals surface area contributed by atoms with E-state index in [1.165, 1.54) is 5.56 Å². The summed E-state index contributed by atoms with van der Waals surface area (Å²) in [6, 6.07) is 6.06. The summed E-state index contributed by atoms with van der Waals surface area (Å²) in [4.78, 5) is 0. The number of hydrogen-bond donors (Lipinski definition) is 0. The molecule has 3 heteroatoms. The van der Waals surface area contributed by atoms with E-state index in [0.717, 1.165) is 15.3 Å². The first-order chi connectivity index (χ1) is 7.27. The van der Waals surface area contributed by atoms with Gasteiger partial charge in [0.2, 0.25) is 0 Å². The summed E-state index contributed by atoms with van der Waals surface area (Å²) in [7, 11) is 0. The van der Waals surface area contributed by atoms with Crippen LogP contribution in [0.4, 0.5) is 0 Å². The number of benzene rings is 1. The fourth-order valence-corrected chi connectivity index (χ4v) is 2.88. The van der Waals surface area contributed by atoms with E-state index in [1.54, 1.807) is 0 Å². The van der Waals surface area contributed by atoms with Crippen LogP contribution in [0.15, 0.2) is 45.9 Å². The van der Waals surface area contributed by atoms with Gasteiger partial charge in [0.25, 0.3) is 0 Å². The molecular weight excluding hydrogens is 275 g/mol. The molecule has 0 spiro atoms. The van der Waals surface area contributed by atoms with Crippen molar-refractivity contribution in [2.75, 3.05) is 0 Å². The molecule has 1 aliphatic carbocycles. The van der Waals surface area contributed by atoms with Gasteiger partial charge in [-0.25, -0.2) is 0 Å². The first kappa shape index (κ1) is 9.49. The molecule has 15 heavy (non-hydrogen) atoms. The number of para-hydroxylation sites is 1. The average Bonchev–Trinajstić information content (AvgIpc) is 2.59. The molecule has 0 amide bonds. The maximum Gasteiger partial charge on any atom is 0.138 e. The fourth-order valence-electron chi connectivity index (χ4n) is 2.09. The van der Waals surface area contributed by atoms with Crippen LogP contribution in [0, 0.1) is 0 Å². The number of ether oxygens (including phenoxy) is 1. The minimum Gasteiger partial charge on any atom is -0.484 e. The Hall–Kier alpha value is -0.730. The molecule has 0 saturated heterocycles. The highest BCUT2D eigenvalue weighted by molar-refractivity contribution is 9.10. The fraction of sp³-hybridized carbons (Fsp3) is 0.167. The molecule has 1 heterocycles. The third-order valence-corrected chi connectivity index (χ3v) is 3.75. The van der Waals surface area contributed by atoms with Crippen LogP contribution < -0.4 is 4.74 Å². The molecule has 76 valence electrons. The highest BCUT2D eigenvalue weighted by Gasteiger charge is 2.36. The lowest BCUT2D eigenvalue weighted by molar-refractivity contribution is 0.266. The third-order valence-electron chi connectivity index (χ3n) is 2.77. The van der Waals surface area contributed by atoms with Crippen molar-refractivity contribution in [1.82, 2.24) is 0 Å². The smallest absolute Gasteiger partial charge is 0.138 e. The third kappa shape index (κ3) is 1.35. The SMILES string of the molecule is ClC1=CC=CC2Oc3c(Br)cccc3C12. The zero-order valence-electron chi connectivity index (χ0n) is 7.78. The minimum absolute atomic E-state index is 0.0520. The quantitative estimate of drug-likeness (QED) is 0.699. The number of allylic oxidation sites excluding steroid dienone is 2. The number of rotatable bonds is 0. The molecule has 0 saturated carbocycles. The molecule has 3 rings (SSSR count). The van der Waals surface area contributed by atoms with Crippen LogP contribution in [0.25, 0.3) is 0 Å². The summed E-state index contributed by atoms with van der Waals surface area (Å²) >= 11 is 9.70. The minimum atomic E-state index is 0.0520. The standard InChI is InChI=1S/C12H8BrClO/c13-8-4-1-3-7-11-9(14)5-2-6-10(11)15-12(7)8/h1-6,10-11H. The summed E-state index contributed by atoms with van der Waals surface area (Å²) in [6.07, 6.45) is 5.98. The highest BCUT2D eigenvalue weighted by Crippen LogP contribution is 2.48. The van der Waals surface area contributed by atoms with Gasteiger partial charge in [0.1, 0.15) is 11.9 Å². The number of fused-ring (bicyclic) bond motifs is 3. The van der Waals surface area contributed by atoms with Gasteiger partial charge in [-0.1, -0.05) is 29.8 Å². The van der Waals surface area contributed by atoms with E-state index >= 15 is 0 Å². The lowest BCUT2D eigenvalue weighted by Gasteiger charge is -2.17. The summed E-state index contributed by atoms with van der Waals surface area (Å²) in [5, 5.41) is 0.847. The predicted molar refractivity (Wildman–Crippen MR) is 64.4 cm³/mol. The molecule has 1 aromatic rings. The largest absolute Gasteiger partial charge is 0.484 e. The Morgan fingerprint density at radius 1 is 1.33 bits per heavy atom. The van der Waals surface area contributed by atoms with Crippen molar-refractivity contribution < 1.29 is 4.74 Å². The molecule has 0 N–H and O–H groups in total. The van der Waals surface area contributed by atoms with E-state index in [-0.39, 0.29) is 12.0 Å². The number of halogens is 2. The Labute approximate surface area is 102 Å². The van der Waals surface area contributed by atoms with Crippen LogP contribution in [0.3, 0.4) is 0 Å². The Bertz CT molecular complexity index is 479. The monoisotopic (exact) mass is 282 g/mol. The van der Waals surface area contributed by atoms with Gasteiger partial charge in [-0.2, -0.15) is 0 Å². The van der Waals surface area contributed by atoms with Gasteiger partial charge >= 0.3 is 0 Å². The van der Waals surface area contributed by atoms with Gasteiger partial charge in [0.15, 0.2) is 0 Å². The van der Waals surface area contributed by atoms with Crippen molar-refractivity contribution in [3.05, 3.63) is 51.5 Å². The summed E-state index contributed by atoms with van der Waals surface area (Å²) < 4.78 is 6.85. The van der Waals surface area contributed by atoms with Crippen LogP contribution in [0.2, 0.25) is 0 Å². The van der Waals surface area contributed by atoms with Crippen molar-refractivity contribution >= 4 is 27.5 Å². The maximum atomic E-state index is 6.21. The van der Waals surface area contributed by atoms with Crippen LogP contribution in [0.5, 0.6) is 5.75 Å². The first-order valence-electron chi connectivity index (χ1n) is 4.76. The molecule has 2 aliphatic rings. The molecule has 1 aromatic carbocycles. The van der Waals surface area contributed by atoms with Gasteiger partial charge in [0.05, 0.1) is 10.4 Å². The summed E-state index contributed by atoms with van der Waals surface area (Å²) in [5.41, 5.74) is 1.17. The first-order valence-corrected chi connectivity index (χ1v) is 5.93. The summed E-state index contributed by atoms with van der Waals surface area (Å²) in [6.45, 7) is 0. The molecule has 1 aliphatic heterocycles. The van der Waals surface area contributed by atoms with E-state index in [2.05, 4.69) is 22.0 Å². The predicted octanol–water partition coefficient (Wildman–Crippen LogP) is 3.99. The van der Waals surface area contributed by atoms with Gasteiger partial charge in [-0.05, 0) is 34.1 Å². The van der Waals surface area contributed by atoms with E-state index in [0.29, 0.717) is 0 Å². The zero-order chi connectivity index (χ0) is 10.4. The van der Waals surface area contributed by atoms with Crippen LogP contribution in [-0.4, -0.2) is 6.10 Å². The number of hydrogen-bond acceptors (Lipinski definition) is 1. The summed E-state index contributed by atoms with van der Waals surface area (Å²) in [5.74, 6) is 1.09. The van der Waals surface area contributed by atoms with Gasteiger partial charge in [-0.3, -0.25) is 0 Å². The van der Waals surface area contributed by atoms with Crippen molar-refractivity contribution in [3.63, 3.8) is 0 Å². The Morgan fingerprint density at radius 2 is 2.20 bits per heavy atom. The van der Waals surface area contributed by atoms with Crippen LogP contribution in [0.1, 0.15) is 11.5 Å². The molecule has 0 fully saturated rings. The van der Waals surface area contributed by atoms with Gasteiger partial charge in [-0.15, -0.1) is 0 Å². The van der Waals surface area contributed by atoms with Crippen molar-refractivity contribution in [3.8, 4) is 5.75 Å². The zero-order valence-corrected chi connectivity index (χ0v) is 10.1. The second-order valence-corrected chi connectivity index (χ2v) is 4.95. The van der Waals surface area contributed by atoms with E-state index in [1.807, 2.05) is 30.4 Å². The molecule has 2 atom stereocenters. The van der Waals surface area contributed by atoms with Crippen molar-refractivity contribution in [1.29, 1.82) is 0 Å². The molecule has 0 aromatic heterocycles. The van der Waals surface area contributed by atoms with E-state index in [9.17, 15) is 0 Å². The lowest BCUT2D eigenvalue weighted by atomic mass is 9.92. The maximum absolute atomic E-state index is 6.21. The van der Waals surface area contributed by atoms with Crippen LogP contribution in [-0.2, 0) is 0 Å². The Kier molecular flexibility index (Phi) is 2.15. The normalized spacial score (nSPS) is 26.7. The Morgan fingerprint density at radius 3 is 3.07 bits per heavy atom. The van der Waals surface area contributed by atoms with Crippen molar-refractivity contribution in [2.45, 2.75) is 12.0 Å². The molecule has 0 bridgehead atoms. The van der Waals surface area contributed by atoms with E-state index in [4.69, 9.17) is 16.3 Å². The molecular formula is C12H8BrClO. The molecule has 0 radical (unpaired) electrons.